The van der Waals surface area contributed by atoms with E-state index in [1.54, 1.807) is 17.8 Å². The van der Waals surface area contributed by atoms with Crippen LogP contribution in [0.4, 0.5) is 0 Å². The van der Waals surface area contributed by atoms with Crippen LogP contribution in [0.3, 0.4) is 0 Å². The lowest BCUT2D eigenvalue weighted by Gasteiger charge is -2.19. The van der Waals surface area contributed by atoms with Gasteiger partial charge < -0.3 is 4.42 Å². The van der Waals surface area contributed by atoms with E-state index in [-0.39, 0.29) is 11.0 Å². The molecule has 0 aliphatic rings. The quantitative estimate of drug-likeness (QED) is 0.201. The average molecular weight is 482 g/mol. The van der Waals surface area contributed by atoms with Crippen LogP contribution in [0, 0.1) is 6.92 Å². The normalized spacial score (nSPS) is 11.8. The van der Waals surface area contributed by atoms with Crippen molar-refractivity contribution in [2.24, 2.45) is 0 Å². The van der Waals surface area contributed by atoms with Gasteiger partial charge in [0, 0.05) is 28.5 Å². The van der Waals surface area contributed by atoms with Crippen molar-refractivity contribution in [3.8, 4) is 17.1 Å². The minimum Gasteiger partial charge on any atom is -0.423 e. The Morgan fingerprint density at radius 1 is 0.914 bits per heavy atom. The van der Waals surface area contributed by atoms with E-state index in [0.29, 0.717) is 11.3 Å². The van der Waals surface area contributed by atoms with Gasteiger partial charge in [-0.3, -0.25) is 4.57 Å². The maximum absolute atomic E-state index is 12.2. The van der Waals surface area contributed by atoms with Gasteiger partial charge in [-0.25, -0.2) is 4.79 Å². The maximum Gasteiger partial charge on any atom is 0.336 e. The van der Waals surface area contributed by atoms with E-state index in [0.717, 1.165) is 38.7 Å². The van der Waals surface area contributed by atoms with Gasteiger partial charge in [0.05, 0.1) is 0 Å². The van der Waals surface area contributed by atoms with Gasteiger partial charge in [0.25, 0.3) is 0 Å². The van der Waals surface area contributed by atoms with Crippen LogP contribution in [-0.2, 0) is 11.2 Å². The van der Waals surface area contributed by atoms with E-state index in [2.05, 4.69) is 71.9 Å². The highest BCUT2D eigenvalue weighted by atomic mass is 32.2. The summed E-state index contributed by atoms with van der Waals surface area (Å²) in [5.41, 5.74) is 5.57. The molecular formula is C29H27N3O2S. The molecule has 6 heteroatoms. The molecular weight excluding hydrogens is 454 g/mol. The third-order valence-corrected chi connectivity index (χ3v) is 6.98. The first-order valence-corrected chi connectivity index (χ1v) is 12.6. The Bertz CT molecular complexity index is 1550. The van der Waals surface area contributed by atoms with Gasteiger partial charge in [-0.15, -0.1) is 10.2 Å². The zero-order valence-corrected chi connectivity index (χ0v) is 21.1. The Morgan fingerprint density at radius 2 is 1.66 bits per heavy atom. The number of aromatic nitrogens is 3. The summed E-state index contributed by atoms with van der Waals surface area (Å²) in [6.07, 6.45) is 0. The van der Waals surface area contributed by atoms with Crippen LogP contribution < -0.4 is 5.63 Å². The van der Waals surface area contributed by atoms with E-state index >= 15 is 0 Å². The largest absolute Gasteiger partial charge is 0.423 e. The molecule has 0 aliphatic heterocycles. The molecule has 176 valence electrons. The number of nitrogens with zero attached hydrogens (tertiary/aromatic N) is 3. The van der Waals surface area contributed by atoms with Gasteiger partial charge in [0.15, 0.2) is 11.0 Å². The van der Waals surface area contributed by atoms with Crippen LogP contribution in [0.25, 0.3) is 28.0 Å². The summed E-state index contributed by atoms with van der Waals surface area (Å²) >= 11 is 1.55. The summed E-state index contributed by atoms with van der Waals surface area (Å²) in [6, 6.07) is 26.2. The lowest BCUT2D eigenvalue weighted by molar-refractivity contribution is 0.559. The fourth-order valence-corrected chi connectivity index (χ4v) is 5.02. The average Bonchev–Trinajstić information content (AvgIpc) is 3.26. The molecule has 0 spiro atoms. The predicted octanol–water partition coefficient (Wildman–Crippen LogP) is 6.94. The molecule has 0 amide bonds. The second-order valence-corrected chi connectivity index (χ2v) is 10.6. The Hall–Kier alpha value is -3.64. The van der Waals surface area contributed by atoms with Crippen LogP contribution in [-0.4, -0.2) is 14.8 Å². The second kappa shape index (κ2) is 9.19. The van der Waals surface area contributed by atoms with Crippen molar-refractivity contribution in [1.82, 2.24) is 14.8 Å². The van der Waals surface area contributed by atoms with Crippen molar-refractivity contribution >= 4 is 22.7 Å². The molecule has 0 unspecified atom stereocenters. The zero-order valence-electron chi connectivity index (χ0n) is 20.3. The minimum absolute atomic E-state index is 0.0797. The number of hydrogen-bond acceptors (Lipinski definition) is 5. The monoisotopic (exact) mass is 481 g/mol. The first-order valence-electron chi connectivity index (χ1n) is 11.6. The molecule has 0 saturated carbocycles. The minimum atomic E-state index is -0.345. The van der Waals surface area contributed by atoms with Gasteiger partial charge in [0.1, 0.15) is 5.58 Å². The van der Waals surface area contributed by atoms with Gasteiger partial charge in [-0.2, -0.15) is 0 Å². The summed E-state index contributed by atoms with van der Waals surface area (Å²) in [5.74, 6) is 1.35. The molecule has 0 atom stereocenters. The van der Waals surface area contributed by atoms with Gasteiger partial charge >= 0.3 is 5.63 Å². The molecule has 5 aromatic rings. The molecule has 0 radical (unpaired) electrons. The lowest BCUT2D eigenvalue weighted by Crippen LogP contribution is -2.10. The van der Waals surface area contributed by atoms with E-state index in [4.69, 9.17) is 4.42 Å². The second-order valence-electron chi connectivity index (χ2n) is 9.68. The molecule has 35 heavy (non-hydrogen) atoms. The van der Waals surface area contributed by atoms with Crippen LogP contribution in [0.5, 0.6) is 0 Å². The van der Waals surface area contributed by atoms with Crippen molar-refractivity contribution in [3.05, 3.63) is 106 Å². The molecule has 0 bridgehead atoms. The number of thioether (sulfide) groups is 1. The predicted molar refractivity (Wildman–Crippen MR) is 142 cm³/mol. The zero-order chi connectivity index (χ0) is 24.6. The highest BCUT2D eigenvalue weighted by molar-refractivity contribution is 7.98. The third kappa shape index (κ3) is 4.80. The number of aryl methyl sites for hydroxylation is 1. The number of benzene rings is 3. The number of hydrogen-bond donors (Lipinski definition) is 0. The van der Waals surface area contributed by atoms with Gasteiger partial charge in [0.2, 0.25) is 0 Å². The smallest absolute Gasteiger partial charge is 0.336 e. The maximum atomic E-state index is 12.2. The summed E-state index contributed by atoms with van der Waals surface area (Å²) in [4.78, 5) is 12.2. The molecule has 5 nitrogen and oxygen atoms in total. The molecule has 2 heterocycles. The summed E-state index contributed by atoms with van der Waals surface area (Å²) in [5, 5.41) is 10.8. The van der Waals surface area contributed by atoms with Crippen LogP contribution in [0.2, 0.25) is 0 Å². The van der Waals surface area contributed by atoms with Crippen LogP contribution in [0.15, 0.2) is 93.2 Å². The molecule has 2 aromatic heterocycles. The number of rotatable bonds is 5. The molecule has 5 rings (SSSR count). The van der Waals surface area contributed by atoms with Crippen molar-refractivity contribution in [1.29, 1.82) is 0 Å². The summed E-state index contributed by atoms with van der Waals surface area (Å²) in [7, 11) is 0. The van der Waals surface area contributed by atoms with Crippen molar-refractivity contribution in [2.75, 3.05) is 0 Å². The number of para-hydroxylation sites is 1. The molecule has 0 aliphatic carbocycles. The van der Waals surface area contributed by atoms with E-state index in [9.17, 15) is 4.79 Å². The van der Waals surface area contributed by atoms with Crippen molar-refractivity contribution < 1.29 is 4.42 Å². The first-order chi connectivity index (χ1) is 16.8. The standard InChI is InChI=1S/C29H27N3O2S/c1-19-10-15-24-21(17-26(33)34-25(24)16-19)18-35-28-31-30-27(32(28)23-8-6-5-7-9-23)20-11-13-22(14-12-20)29(2,3)4/h5-17H,18H2,1-4H3. The number of fused-ring (bicyclic) bond motifs is 1. The Labute approximate surface area is 208 Å². The lowest BCUT2D eigenvalue weighted by atomic mass is 9.87. The van der Waals surface area contributed by atoms with E-state index < -0.39 is 0 Å². The summed E-state index contributed by atoms with van der Waals surface area (Å²) < 4.78 is 7.50. The molecule has 0 N–H and O–H groups in total. The molecule has 0 fully saturated rings. The fraction of sp³-hybridized carbons (Fsp3) is 0.207. The SMILES string of the molecule is Cc1ccc2c(CSc3nnc(-c4ccc(C(C)(C)C)cc4)n3-c3ccccc3)cc(=O)oc2c1. The van der Waals surface area contributed by atoms with Crippen LogP contribution >= 0.6 is 11.8 Å². The Kier molecular flexibility index (Phi) is 6.07. The Morgan fingerprint density at radius 3 is 2.37 bits per heavy atom. The van der Waals surface area contributed by atoms with Gasteiger partial charge in [-0.05, 0) is 47.2 Å². The van der Waals surface area contributed by atoms with Crippen LogP contribution in [0.1, 0.15) is 37.5 Å². The highest BCUT2D eigenvalue weighted by Crippen LogP contribution is 2.32. The molecule has 3 aromatic carbocycles. The highest BCUT2D eigenvalue weighted by Gasteiger charge is 2.19. The van der Waals surface area contributed by atoms with Gasteiger partial charge in [-0.1, -0.05) is 87.1 Å². The van der Waals surface area contributed by atoms with E-state index in [1.807, 2.05) is 43.3 Å². The first kappa shape index (κ1) is 23.1. The van der Waals surface area contributed by atoms with Crippen molar-refractivity contribution in [3.63, 3.8) is 0 Å². The molecule has 0 saturated heterocycles. The third-order valence-electron chi connectivity index (χ3n) is 6.00. The van der Waals surface area contributed by atoms with Crippen molar-refractivity contribution in [2.45, 2.75) is 44.0 Å². The van der Waals surface area contributed by atoms with E-state index in [1.165, 1.54) is 5.56 Å². The fourth-order valence-electron chi connectivity index (χ4n) is 4.08. The topological polar surface area (TPSA) is 60.9 Å². The summed E-state index contributed by atoms with van der Waals surface area (Å²) in [6.45, 7) is 8.61. The Balaban J connectivity index is 1.54.